The van der Waals surface area contributed by atoms with E-state index >= 15 is 0 Å². The zero-order chi connectivity index (χ0) is 22.0. The van der Waals surface area contributed by atoms with Crippen molar-refractivity contribution in [3.63, 3.8) is 0 Å². The van der Waals surface area contributed by atoms with Gasteiger partial charge >= 0.3 is 0 Å². The minimum absolute atomic E-state index is 0.241. The molecule has 31 heavy (non-hydrogen) atoms. The molecule has 6 nitrogen and oxygen atoms in total. The quantitative estimate of drug-likeness (QED) is 0.412. The molecule has 0 aliphatic rings. The van der Waals surface area contributed by atoms with E-state index < -0.39 is 9.84 Å². The van der Waals surface area contributed by atoms with Gasteiger partial charge in [0, 0.05) is 25.0 Å². The number of ether oxygens (including phenoxy) is 1. The second-order valence-corrected chi connectivity index (χ2v) is 10.1. The summed E-state index contributed by atoms with van der Waals surface area (Å²) in [6.45, 7) is 3.48. The van der Waals surface area contributed by atoms with Crippen LogP contribution < -0.4 is 4.80 Å². The molecule has 1 aromatic heterocycles. The monoisotopic (exact) mass is 454 g/mol. The molecule has 0 N–H and O–H groups in total. The van der Waals surface area contributed by atoms with Crippen LogP contribution in [0.25, 0.3) is 21.0 Å². The third kappa shape index (κ3) is 4.46. The van der Waals surface area contributed by atoms with E-state index in [0.717, 1.165) is 21.0 Å². The fraction of sp³-hybridized carbons (Fsp3) is 0.217. The Hall–Kier alpha value is -2.81. The number of hydrogen-bond donors (Lipinski definition) is 0. The molecule has 0 aliphatic heterocycles. The van der Waals surface area contributed by atoms with Crippen LogP contribution in [0.2, 0.25) is 0 Å². The molecule has 3 aromatic carbocycles. The number of fused-ring (bicyclic) bond motifs is 2. The highest BCUT2D eigenvalue weighted by atomic mass is 32.2. The smallest absolute Gasteiger partial charge is 0.280 e. The lowest BCUT2D eigenvalue weighted by atomic mass is 10.0. The van der Waals surface area contributed by atoms with Gasteiger partial charge in [0.15, 0.2) is 14.6 Å². The molecule has 0 atom stereocenters. The number of amides is 1. The van der Waals surface area contributed by atoms with Gasteiger partial charge in [0.1, 0.15) is 0 Å². The zero-order valence-electron chi connectivity index (χ0n) is 17.2. The van der Waals surface area contributed by atoms with E-state index in [1.54, 1.807) is 24.3 Å². The molecule has 160 valence electrons. The molecule has 1 amide bonds. The van der Waals surface area contributed by atoms with Crippen molar-refractivity contribution in [1.29, 1.82) is 0 Å². The molecule has 0 spiro atoms. The fourth-order valence-electron chi connectivity index (χ4n) is 3.44. The second kappa shape index (κ2) is 8.74. The number of carbonyl (C=O) groups is 1. The second-order valence-electron chi connectivity index (χ2n) is 7.08. The van der Waals surface area contributed by atoms with Gasteiger partial charge in [-0.2, -0.15) is 4.99 Å². The van der Waals surface area contributed by atoms with Crippen LogP contribution >= 0.6 is 11.3 Å². The lowest BCUT2D eigenvalue weighted by Gasteiger charge is -2.06. The van der Waals surface area contributed by atoms with Crippen molar-refractivity contribution in [2.75, 3.05) is 19.5 Å². The molecule has 0 bridgehead atoms. The van der Waals surface area contributed by atoms with E-state index in [-0.39, 0.29) is 10.8 Å². The van der Waals surface area contributed by atoms with E-state index in [1.165, 1.54) is 17.6 Å². The van der Waals surface area contributed by atoms with Crippen LogP contribution in [0, 0.1) is 0 Å². The SMILES string of the molecule is CCOCCn1c(=NC(=O)c2cccc3ccccc23)sc2cc(S(C)(=O)=O)ccc21. The zero-order valence-corrected chi connectivity index (χ0v) is 18.9. The lowest BCUT2D eigenvalue weighted by molar-refractivity contribution is 0.0998. The molecular weight excluding hydrogens is 432 g/mol. The highest BCUT2D eigenvalue weighted by Gasteiger charge is 2.14. The number of carbonyl (C=O) groups excluding carboxylic acids is 1. The summed E-state index contributed by atoms with van der Waals surface area (Å²) in [5.41, 5.74) is 1.35. The molecule has 1 heterocycles. The number of hydrogen-bond acceptors (Lipinski definition) is 5. The Morgan fingerprint density at radius 1 is 1.10 bits per heavy atom. The summed E-state index contributed by atoms with van der Waals surface area (Å²) in [6.07, 6.45) is 1.18. The summed E-state index contributed by atoms with van der Waals surface area (Å²) in [6, 6.07) is 18.2. The molecule has 4 rings (SSSR count). The van der Waals surface area contributed by atoms with Gasteiger partial charge < -0.3 is 9.30 Å². The third-order valence-electron chi connectivity index (χ3n) is 4.96. The maximum absolute atomic E-state index is 13.1. The summed E-state index contributed by atoms with van der Waals surface area (Å²) in [5.74, 6) is -0.336. The van der Waals surface area contributed by atoms with Crippen LogP contribution in [0.15, 0.2) is 70.6 Å². The van der Waals surface area contributed by atoms with Gasteiger partial charge in [-0.15, -0.1) is 0 Å². The maximum Gasteiger partial charge on any atom is 0.280 e. The van der Waals surface area contributed by atoms with E-state index in [9.17, 15) is 13.2 Å². The Labute approximate surface area is 184 Å². The van der Waals surface area contributed by atoms with Gasteiger partial charge in [-0.3, -0.25) is 4.79 Å². The van der Waals surface area contributed by atoms with Crippen molar-refractivity contribution in [2.45, 2.75) is 18.4 Å². The standard InChI is InChI=1S/C23H22N2O4S2/c1-3-29-14-13-25-20-12-11-17(31(2,27)28)15-21(20)30-23(25)24-22(26)19-10-6-8-16-7-4-5-9-18(16)19/h4-12,15H,3,13-14H2,1-2H3. The maximum atomic E-state index is 13.1. The average molecular weight is 455 g/mol. The average Bonchev–Trinajstić information content (AvgIpc) is 3.09. The molecule has 8 heteroatoms. The van der Waals surface area contributed by atoms with E-state index in [4.69, 9.17) is 4.74 Å². The van der Waals surface area contributed by atoms with Crippen LogP contribution in [0.4, 0.5) is 0 Å². The number of benzene rings is 3. The first-order valence-corrected chi connectivity index (χ1v) is 12.6. The van der Waals surface area contributed by atoms with Crippen molar-refractivity contribution in [2.24, 2.45) is 4.99 Å². The van der Waals surface area contributed by atoms with E-state index in [1.807, 2.05) is 47.9 Å². The van der Waals surface area contributed by atoms with Crippen molar-refractivity contribution >= 4 is 48.1 Å². The topological polar surface area (TPSA) is 77.7 Å². The Morgan fingerprint density at radius 3 is 2.65 bits per heavy atom. The minimum Gasteiger partial charge on any atom is -0.380 e. The molecular formula is C23H22N2O4S2. The molecule has 0 fully saturated rings. The van der Waals surface area contributed by atoms with E-state index in [0.29, 0.717) is 30.1 Å². The lowest BCUT2D eigenvalue weighted by Crippen LogP contribution is -2.19. The summed E-state index contributed by atoms with van der Waals surface area (Å²) < 4.78 is 32.1. The van der Waals surface area contributed by atoms with Gasteiger partial charge in [-0.25, -0.2) is 8.42 Å². The van der Waals surface area contributed by atoms with Crippen LogP contribution in [0.5, 0.6) is 0 Å². The number of nitrogens with zero attached hydrogens (tertiary/aromatic N) is 2. The van der Waals surface area contributed by atoms with Crippen molar-refractivity contribution in [3.8, 4) is 0 Å². The summed E-state index contributed by atoms with van der Waals surface area (Å²) >= 11 is 1.30. The molecule has 0 saturated carbocycles. The van der Waals surface area contributed by atoms with Crippen LogP contribution in [0.3, 0.4) is 0 Å². The van der Waals surface area contributed by atoms with Crippen molar-refractivity contribution < 1.29 is 17.9 Å². The summed E-state index contributed by atoms with van der Waals surface area (Å²) in [5, 5.41) is 1.82. The molecule has 0 aliphatic carbocycles. The summed E-state index contributed by atoms with van der Waals surface area (Å²) in [7, 11) is -3.33. The molecule has 0 radical (unpaired) electrons. The highest BCUT2D eigenvalue weighted by Crippen LogP contribution is 2.23. The molecule has 0 saturated heterocycles. The van der Waals surface area contributed by atoms with Gasteiger partial charge in [-0.1, -0.05) is 47.7 Å². The number of rotatable bonds is 6. The predicted octanol–water partition coefficient (Wildman–Crippen LogP) is 4.04. The Morgan fingerprint density at radius 2 is 1.87 bits per heavy atom. The van der Waals surface area contributed by atoms with Crippen molar-refractivity contribution in [3.05, 3.63) is 71.0 Å². The number of sulfone groups is 1. The Bertz CT molecular complexity index is 1440. The highest BCUT2D eigenvalue weighted by molar-refractivity contribution is 7.90. The van der Waals surface area contributed by atoms with Crippen LogP contribution in [-0.4, -0.2) is 38.4 Å². The number of thiazole rings is 1. The molecule has 4 aromatic rings. The first kappa shape index (κ1) is 21.4. The summed E-state index contributed by atoms with van der Waals surface area (Å²) in [4.78, 5) is 18.3. The Balaban J connectivity index is 1.86. The number of aromatic nitrogens is 1. The van der Waals surface area contributed by atoms with Gasteiger partial charge in [0.25, 0.3) is 5.91 Å². The minimum atomic E-state index is -3.33. The largest absolute Gasteiger partial charge is 0.380 e. The van der Waals surface area contributed by atoms with Gasteiger partial charge in [-0.05, 0) is 42.0 Å². The Kier molecular flexibility index (Phi) is 6.04. The first-order chi connectivity index (χ1) is 14.9. The van der Waals surface area contributed by atoms with Gasteiger partial charge in [0.05, 0.1) is 21.7 Å². The van der Waals surface area contributed by atoms with Crippen molar-refractivity contribution in [1.82, 2.24) is 4.57 Å². The normalized spacial score (nSPS) is 12.6. The van der Waals surface area contributed by atoms with Crippen LogP contribution in [-0.2, 0) is 21.1 Å². The van der Waals surface area contributed by atoms with E-state index in [2.05, 4.69) is 4.99 Å². The van der Waals surface area contributed by atoms with Gasteiger partial charge in [0.2, 0.25) is 0 Å². The fourth-order valence-corrected chi connectivity index (χ4v) is 5.26. The predicted molar refractivity (Wildman–Crippen MR) is 123 cm³/mol. The molecule has 0 unspecified atom stereocenters. The third-order valence-corrected chi connectivity index (χ3v) is 7.11. The van der Waals surface area contributed by atoms with Crippen LogP contribution in [0.1, 0.15) is 17.3 Å². The first-order valence-electron chi connectivity index (χ1n) is 9.86.